The molecule has 0 bridgehead atoms. The molecule has 256 valence electrons. The fourth-order valence-electron chi connectivity index (χ4n) is 8.89. The highest BCUT2D eigenvalue weighted by molar-refractivity contribution is 6.30. The molecule has 0 aliphatic heterocycles. The Bertz CT molecular complexity index is 3270. The Labute approximate surface area is 320 Å². The first kappa shape index (κ1) is 31.3. The molecule has 0 amide bonds. The highest BCUT2D eigenvalue weighted by atomic mass is 15.1. The van der Waals surface area contributed by atoms with Crippen molar-refractivity contribution in [3.05, 3.63) is 212 Å². The summed E-state index contributed by atoms with van der Waals surface area (Å²) >= 11 is 0. The molecular formula is C54H35N. The van der Waals surface area contributed by atoms with Gasteiger partial charge in [0.05, 0.1) is 11.4 Å². The molecule has 0 aliphatic rings. The van der Waals surface area contributed by atoms with Crippen molar-refractivity contribution < 1.29 is 0 Å². The average Bonchev–Trinajstić information content (AvgIpc) is 3.26. The Kier molecular flexibility index (Phi) is 7.25. The van der Waals surface area contributed by atoms with Gasteiger partial charge in [0, 0.05) is 16.6 Å². The summed E-state index contributed by atoms with van der Waals surface area (Å²) in [5, 5.41) is 15.1. The quantitative estimate of drug-likeness (QED) is 0.162. The molecule has 11 aromatic carbocycles. The molecule has 0 saturated carbocycles. The van der Waals surface area contributed by atoms with Gasteiger partial charge in [0.1, 0.15) is 0 Å². The second-order valence-corrected chi connectivity index (χ2v) is 14.4. The Morgan fingerprint density at radius 2 is 0.836 bits per heavy atom. The number of anilines is 3. The van der Waals surface area contributed by atoms with E-state index in [1.807, 2.05) is 0 Å². The first-order valence-electron chi connectivity index (χ1n) is 19.0. The van der Waals surface area contributed by atoms with Gasteiger partial charge in [-0.3, -0.25) is 0 Å². The molecule has 0 unspecified atom stereocenters. The average molecular weight is 698 g/mol. The summed E-state index contributed by atoms with van der Waals surface area (Å²) in [6.07, 6.45) is 0. The lowest BCUT2D eigenvalue weighted by Crippen LogP contribution is -2.12. The third kappa shape index (κ3) is 5.09. The van der Waals surface area contributed by atoms with Crippen LogP contribution in [0.25, 0.3) is 86.9 Å². The molecule has 0 aliphatic carbocycles. The van der Waals surface area contributed by atoms with Crippen molar-refractivity contribution in [1.29, 1.82) is 0 Å². The van der Waals surface area contributed by atoms with Gasteiger partial charge in [-0.1, -0.05) is 182 Å². The minimum Gasteiger partial charge on any atom is -0.309 e. The predicted molar refractivity (Wildman–Crippen MR) is 237 cm³/mol. The molecule has 0 fully saturated rings. The highest BCUT2D eigenvalue weighted by Crippen LogP contribution is 2.49. The van der Waals surface area contributed by atoms with Gasteiger partial charge in [-0.15, -0.1) is 0 Å². The Morgan fingerprint density at radius 1 is 0.255 bits per heavy atom. The lowest BCUT2D eigenvalue weighted by molar-refractivity contribution is 1.30. The SMILES string of the molecule is c1ccc(-c2cccc(N(c3ccccc3-c3cc4ccccc4c4c3ccc3ccc5ccccc5c34)c3cc4ccccc4c4ccccc34)c2)cc1. The first-order valence-corrected chi connectivity index (χ1v) is 19.0. The molecule has 0 atom stereocenters. The van der Waals surface area contributed by atoms with E-state index >= 15 is 0 Å². The second kappa shape index (κ2) is 12.7. The van der Waals surface area contributed by atoms with Gasteiger partial charge in [0.15, 0.2) is 0 Å². The molecule has 1 heteroatoms. The van der Waals surface area contributed by atoms with Gasteiger partial charge in [0.25, 0.3) is 0 Å². The molecule has 0 N–H and O–H groups in total. The number of fused-ring (bicyclic) bond motifs is 10. The van der Waals surface area contributed by atoms with E-state index in [1.165, 1.54) is 86.9 Å². The number of hydrogen-bond donors (Lipinski definition) is 0. The van der Waals surface area contributed by atoms with E-state index in [0.29, 0.717) is 0 Å². The van der Waals surface area contributed by atoms with Crippen LogP contribution in [0.5, 0.6) is 0 Å². The fraction of sp³-hybridized carbons (Fsp3) is 0. The van der Waals surface area contributed by atoms with Crippen LogP contribution in [0.15, 0.2) is 212 Å². The zero-order valence-corrected chi connectivity index (χ0v) is 30.2. The topological polar surface area (TPSA) is 3.24 Å². The second-order valence-electron chi connectivity index (χ2n) is 14.4. The van der Waals surface area contributed by atoms with Crippen LogP contribution in [0.3, 0.4) is 0 Å². The zero-order chi connectivity index (χ0) is 36.3. The van der Waals surface area contributed by atoms with Crippen LogP contribution in [0.1, 0.15) is 0 Å². The molecular weight excluding hydrogens is 663 g/mol. The maximum Gasteiger partial charge on any atom is 0.0546 e. The fourth-order valence-corrected chi connectivity index (χ4v) is 8.89. The van der Waals surface area contributed by atoms with Crippen molar-refractivity contribution in [2.75, 3.05) is 4.90 Å². The third-order valence-electron chi connectivity index (χ3n) is 11.4. The maximum atomic E-state index is 2.49. The maximum absolute atomic E-state index is 2.49. The molecule has 11 aromatic rings. The van der Waals surface area contributed by atoms with Crippen molar-refractivity contribution in [3.8, 4) is 22.3 Å². The van der Waals surface area contributed by atoms with E-state index in [4.69, 9.17) is 0 Å². The number of hydrogen-bond acceptors (Lipinski definition) is 1. The van der Waals surface area contributed by atoms with Crippen molar-refractivity contribution in [2.45, 2.75) is 0 Å². The number of para-hydroxylation sites is 1. The molecule has 11 rings (SSSR count). The Hall–Kier alpha value is -7.22. The molecule has 55 heavy (non-hydrogen) atoms. The van der Waals surface area contributed by atoms with Gasteiger partial charge < -0.3 is 4.90 Å². The number of nitrogens with zero attached hydrogens (tertiary/aromatic N) is 1. The Morgan fingerprint density at radius 3 is 1.65 bits per heavy atom. The lowest BCUT2D eigenvalue weighted by atomic mass is 9.88. The zero-order valence-electron chi connectivity index (χ0n) is 30.2. The van der Waals surface area contributed by atoms with E-state index < -0.39 is 0 Å². The van der Waals surface area contributed by atoms with Crippen LogP contribution >= 0.6 is 0 Å². The summed E-state index contributed by atoms with van der Waals surface area (Å²) in [7, 11) is 0. The van der Waals surface area contributed by atoms with E-state index in [2.05, 4.69) is 217 Å². The van der Waals surface area contributed by atoms with Gasteiger partial charge in [0.2, 0.25) is 0 Å². The van der Waals surface area contributed by atoms with Crippen molar-refractivity contribution in [2.24, 2.45) is 0 Å². The van der Waals surface area contributed by atoms with E-state index in [0.717, 1.165) is 17.1 Å². The third-order valence-corrected chi connectivity index (χ3v) is 11.4. The van der Waals surface area contributed by atoms with Crippen molar-refractivity contribution in [3.63, 3.8) is 0 Å². The van der Waals surface area contributed by atoms with Crippen LogP contribution in [-0.2, 0) is 0 Å². The predicted octanol–water partition coefficient (Wildman–Crippen LogP) is 15.4. The number of benzene rings is 11. The van der Waals surface area contributed by atoms with Gasteiger partial charge >= 0.3 is 0 Å². The summed E-state index contributed by atoms with van der Waals surface area (Å²) in [6, 6.07) is 78.0. The standard InChI is InChI=1S/C54H35N/c1-2-15-36(16-3-1)39-20-14-21-42(33-39)55(52-35-41-19-5-7-22-43(41)46-25-10-11-26-47(46)52)51-28-13-12-27-48(51)50-34-40-18-6-9-24-45(40)54-49(50)32-31-38-30-29-37-17-4-8-23-44(37)53(38)54/h1-35H. The van der Waals surface area contributed by atoms with Crippen LogP contribution < -0.4 is 4.90 Å². The molecule has 0 saturated heterocycles. The molecule has 0 spiro atoms. The van der Waals surface area contributed by atoms with Gasteiger partial charge in [-0.2, -0.15) is 0 Å². The van der Waals surface area contributed by atoms with Crippen LogP contribution in [-0.4, -0.2) is 0 Å². The van der Waals surface area contributed by atoms with Crippen molar-refractivity contribution >= 4 is 81.7 Å². The summed E-state index contributed by atoms with van der Waals surface area (Å²) in [5.74, 6) is 0. The van der Waals surface area contributed by atoms with Crippen LogP contribution in [0, 0.1) is 0 Å². The molecule has 0 heterocycles. The Balaban J connectivity index is 1.26. The monoisotopic (exact) mass is 697 g/mol. The van der Waals surface area contributed by atoms with Gasteiger partial charge in [-0.05, 0) is 106 Å². The van der Waals surface area contributed by atoms with Crippen LogP contribution in [0.4, 0.5) is 17.1 Å². The lowest BCUT2D eigenvalue weighted by Gasteiger charge is -2.30. The summed E-state index contributed by atoms with van der Waals surface area (Å²) in [4.78, 5) is 2.49. The van der Waals surface area contributed by atoms with Crippen LogP contribution in [0.2, 0.25) is 0 Å². The van der Waals surface area contributed by atoms with E-state index in [-0.39, 0.29) is 0 Å². The summed E-state index contributed by atoms with van der Waals surface area (Å²) in [6.45, 7) is 0. The highest BCUT2D eigenvalue weighted by Gasteiger charge is 2.23. The minimum absolute atomic E-state index is 1.11. The largest absolute Gasteiger partial charge is 0.309 e. The summed E-state index contributed by atoms with van der Waals surface area (Å²) in [5.41, 5.74) is 8.15. The molecule has 0 radical (unpaired) electrons. The summed E-state index contributed by atoms with van der Waals surface area (Å²) < 4.78 is 0. The van der Waals surface area contributed by atoms with Crippen molar-refractivity contribution in [1.82, 2.24) is 0 Å². The molecule has 0 aromatic heterocycles. The number of rotatable bonds is 5. The van der Waals surface area contributed by atoms with E-state index in [9.17, 15) is 0 Å². The van der Waals surface area contributed by atoms with Gasteiger partial charge in [-0.25, -0.2) is 0 Å². The first-order chi connectivity index (χ1) is 27.3. The molecule has 1 nitrogen and oxygen atoms in total. The minimum atomic E-state index is 1.11. The smallest absolute Gasteiger partial charge is 0.0546 e. The van der Waals surface area contributed by atoms with E-state index in [1.54, 1.807) is 0 Å². The normalized spacial score (nSPS) is 11.6.